The first-order valence-corrected chi connectivity index (χ1v) is 9.75. The molecule has 5 heteroatoms. The van der Waals surface area contributed by atoms with Gasteiger partial charge in [-0.2, -0.15) is 0 Å². The third-order valence-corrected chi connectivity index (χ3v) is 5.70. The van der Waals surface area contributed by atoms with Crippen LogP contribution in [-0.2, 0) is 7.05 Å². The quantitative estimate of drug-likeness (QED) is 0.265. The lowest BCUT2D eigenvalue weighted by atomic mass is 9.90. The molecule has 5 nitrogen and oxygen atoms in total. The Morgan fingerprint density at radius 1 is 0.967 bits per heavy atom. The summed E-state index contributed by atoms with van der Waals surface area (Å²) in [7, 11) is 4.09. The monoisotopic (exact) mass is 394 g/mol. The molecule has 2 heterocycles. The molecule has 3 aromatic carbocycles. The highest BCUT2D eigenvalue weighted by molar-refractivity contribution is 6.25. The summed E-state index contributed by atoms with van der Waals surface area (Å²) >= 11 is 0. The van der Waals surface area contributed by atoms with E-state index in [-0.39, 0.29) is 10.6 Å². The summed E-state index contributed by atoms with van der Waals surface area (Å²) in [5.41, 5.74) is 7.78. The number of rotatable bonds is 3. The minimum atomic E-state index is -0.362. The highest BCUT2D eigenvalue weighted by Crippen LogP contribution is 2.41. The molecule has 0 spiro atoms. The Balaban J connectivity index is 1.85. The van der Waals surface area contributed by atoms with E-state index in [1.165, 1.54) is 0 Å². The fourth-order valence-corrected chi connectivity index (χ4v) is 4.29. The van der Waals surface area contributed by atoms with Gasteiger partial charge in [-0.3, -0.25) is 10.1 Å². The molecule has 0 atom stereocenters. The van der Waals surface area contributed by atoms with E-state index < -0.39 is 0 Å². The minimum Gasteiger partial charge on any atom is -0.350 e. The summed E-state index contributed by atoms with van der Waals surface area (Å²) in [5, 5.41) is 12.3. The van der Waals surface area contributed by atoms with Crippen LogP contribution in [0.1, 0.15) is 16.7 Å². The lowest BCUT2D eigenvalue weighted by Crippen LogP contribution is -1.96. The molecule has 0 N–H and O–H groups in total. The molecule has 0 bridgehead atoms. The highest BCUT2D eigenvalue weighted by atomic mass is 16.6. The van der Waals surface area contributed by atoms with Gasteiger partial charge >= 0.3 is 0 Å². The van der Waals surface area contributed by atoms with E-state index >= 15 is 0 Å². The van der Waals surface area contributed by atoms with E-state index in [2.05, 4.69) is 45.8 Å². The molecule has 1 aromatic heterocycles. The molecule has 0 fully saturated rings. The summed E-state index contributed by atoms with van der Waals surface area (Å²) in [6, 6.07) is 23.5. The van der Waals surface area contributed by atoms with Gasteiger partial charge in [0.2, 0.25) is 5.69 Å². The molecule has 30 heavy (non-hydrogen) atoms. The number of nitrogens with zero attached hydrogens (tertiary/aromatic N) is 3. The molecule has 4 aromatic rings. The SMILES string of the molecule is Cn1cc(/C(=C2/C=[N+](C)c3ccccc32)c2ccc([N+](=O)[O-])cc2)c2ccccc21. The summed E-state index contributed by atoms with van der Waals surface area (Å²) in [6.45, 7) is 0. The Morgan fingerprint density at radius 2 is 1.67 bits per heavy atom. The summed E-state index contributed by atoms with van der Waals surface area (Å²) in [4.78, 5) is 10.8. The molecule has 0 saturated heterocycles. The van der Waals surface area contributed by atoms with Crippen molar-refractivity contribution in [2.24, 2.45) is 7.05 Å². The molecule has 0 saturated carbocycles. The predicted molar refractivity (Wildman–Crippen MR) is 120 cm³/mol. The van der Waals surface area contributed by atoms with Crippen LogP contribution in [0.5, 0.6) is 0 Å². The first-order chi connectivity index (χ1) is 14.5. The van der Waals surface area contributed by atoms with Crippen molar-refractivity contribution in [3.05, 3.63) is 106 Å². The van der Waals surface area contributed by atoms with Crippen LogP contribution in [0.15, 0.2) is 79.0 Å². The summed E-state index contributed by atoms with van der Waals surface area (Å²) in [5.74, 6) is 0. The van der Waals surface area contributed by atoms with Crippen LogP contribution in [0.25, 0.3) is 22.0 Å². The number of aromatic nitrogens is 1. The van der Waals surface area contributed by atoms with Crippen LogP contribution >= 0.6 is 0 Å². The van der Waals surface area contributed by atoms with Gasteiger partial charge in [0, 0.05) is 53.5 Å². The molecular weight excluding hydrogens is 374 g/mol. The van der Waals surface area contributed by atoms with Crippen molar-refractivity contribution in [1.82, 2.24) is 4.57 Å². The number of fused-ring (bicyclic) bond motifs is 2. The van der Waals surface area contributed by atoms with Crippen molar-refractivity contribution in [1.29, 1.82) is 0 Å². The largest absolute Gasteiger partial charge is 0.350 e. The van der Waals surface area contributed by atoms with Crippen LogP contribution in [0, 0.1) is 10.1 Å². The Hall–Kier alpha value is -3.99. The van der Waals surface area contributed by atoms with E-state index in [0.717, 1.165) is 44.4 Å². The maximum absolute atomic E-state index is 11.2. The third-order valence-electron chi connectivity index (χ3n) is 5.70. The molecule has 0 amide bonds. The Bertz CT molecular complexity index is 1380. The van der Waals surface area contributed by atoms with Gasteiger partial charge in [0.1, 0.15) is 7.05 Å². The zero-order valence-corrected chi connectivity index (χ0v) is 16.7. The molecule has 1 aliphatic rings. The average Bonchev–Trinajstić information content (AvgIpc) is 3.27. The van der Waals surface area contributed by atoms with Crippen LogP contribution in [0.4, 0.5) is 11.4 Å². The molecule has 1 aliphatic heterocycles. The Morgan fingerprint density at radius 3 is 2.43 bits per heavy atom. The number of para-hydroxylation sites is 2. The number of non-ortho nitro benzene ring substituents is 1. The molecule has 0 unspecified atom stereocenters. The maximum Gasteiger partial charge on any atom is 0.269 e. The second-order valence-corrected chi connectivity index (χ2v) is 7.52. The van der Waals surface area contributed by atoms with E-state index in [1.807, 2.05) is 50.5 Å². The Kier molecular flexibility index (Phi) is 4.10. The number of nitro groups is 1. The van der Waals surface area contributed by atoms with Gasteiger partial charge in [-0.05, 0) is 29.8 Å². The van der Waals surface area contributed by atoms with Gasteiger partial charge in [0.25, 0.3) is 5.69 Å². The second-order valence-electron chi connectivity index (χ2n) is 7.52. The lowest BCUT2D eigenvalue weighted by molar-refractivity contribution is -0.395. The molecule has 5 rings (SSSR count). The average molecular weight is 394 g/mol. The predicted octanol–water partition coefficient (Wildman–Crippen LogP) is 5.40. The number of hydrogen-bond donors (Lipinski definition) is 0. The second kappa shape index (κ2) is 6.81. The van der Waals surface area contributed by atoms with E-state index in [0.29, 0.717) is 0 Å². The number of benzene rings is 3. The zero-order chi connectivity index (χ0) is 20.8. The zero-order valence-electron chi connectivity index (χ0n) is 16.7. The topological polar surface area (TPSA) is 51.1 Å². The van der Waals surface area contributed by atoms with Crippen LogP contribution in [-0.4, -0.2) is 27.3 Å². The van der Waals surface area contributed by atoms with Crippen molar-refractivity contribution >= 4 is 39.6 Å². The first-order valence-electron chi connectivity index (χ1n) is 9.75. The third kappa shape index (κ3) is 2.75. The fourth-order valence-electron chi connectivity index (χ4n) is 4.29. The Labute approximate surface area is 174 Å². The number of nitro benzene ring substituents is 1. The lowest BCUT2D eigenvalue weighted by Gasteiger charge is -2.10. The highest BCUT2D eigenvalue weighted by Gasteiger charge is 2.28. The van der Waals surface area contributed by atoms with Gasteiger partial charge in [0.05, 0.1) is 16.1 Å². The van der Waals surface area contributed by atoms with Gasteiger partial charge in [-0.1, -0.05) is 30.3 Å². The van der Waals surface area contributed by atoms with Crippen molar-refractivity contribution in [3.63, 3.8) is 0 Å². The molecule has 0 aliphatic carbocycles. The summed E-state index contributed by atoms with van der Waals surface area (Å²) < 4.78 is 4.25. The van der Waals surface area contributed by atoms with Crippen molar-refractivity contribution in [3.8, 4) is 0 Å². The first kappa shape index (κ1) is 18.1. The fraction of sp³-hybridized carbons (Fsp3) is 0.0800. The molecule has 146 valence electrons. The maximum atomic E-state index is 11.2. The van der Waals surface area contributed by atoms with Crippen LogP contribution < -0.4 is 0 Å². The van der Waals surface area contributed by atoms with Gasteiger partial charge in [-0.15, -0.1) is 0 Å². The van der Waals surface area contributed by atoms with Gasteiger partial charge < -0.3 is 4.57 Å². The van der Waals surface area contributed by atoms with Crippen molar-refractivity contribution < 1.29 is 9.50 Å². The standard InChI is InChI=1S/C25H20N3O2/c1-26-15-21(19-7-3-5-9-23(19)26)25(17-11-13-18(14-12-17)28(29)30)22-16-27(2)24-10-6-4-8-20(22)24/h3-16H,1-2H3/q+1. The van der Waals surface area contributed by atoms with E-state index in [4.69, 9.17) is 0 Å². The van der Waals surface area contributed by atoms with E-state index in [1.54, 1.807) is 12.1 Å². The summed E-state index contributed by atoms with van der Waals surface area (Å²) in [6.07, 6.45) is 4.28. The van der Waals surface area contributed by atoms with Crippen molar-refractivity contribution in [2.75, 3.05) is 7.05 Å². The van der Waals surface area contributed by atoms with Crippen LogP contribution in [0.2, 0.25) is 0 Å². The van der Waals surface area contributed by atoms with E-state index in [9.17, 15) is 10.1 Å². The number of aryl methyl sites for hydroxylation is 1. The number of hydrogen-bond acceptors (Lipinski definition) is 2. The van der Waals surface area contributed by atoms with Crippen LogP contribution in [0.3, 0.4) is 0 Å². The van der Waals surface area contributed by atoms with Gasteiger partial charge in [0.15, 0.2) is 6.21 Å². The molecule has 0 radical (unpaired) electrons. The number of allylic oxidation sites excluding steroid dienone is 1. The molecular formula is C25H20N3O2+. The van der Waals surface area contributed by atoms with Crippen molar-refractivity contribution in [2.45, 2.75) is 0 Å². The normalized spacial score (nSPS) is 14.5. The van der Waals surface area contributed by atoms with Gasteiger partial charge in [-0.25, -0.2) is 4.58 Å². The minimum absolute atomic E-state index is 0.0916. The smallest absolute Gasteiger partial charge is 0.269 e.